The minimum atomic E-state index is 0. The van der Waals surface area contributed by atoms with Crippen LogP contribution in [0.1, 0.15) is 51.9 Å². The Labute approximate surface area is 129 Å². The first-order valence-corrected chi connectivity index (χ1v) is 8.30. The smallest absolute Gasteiger partial charge is 0.225 e. The molecule has 2 aliphatic heterocycles. The van der Waals surface area contributed by atoms with Crippen LogP contribution < -0.4 is 5.32 Å². The second kappa shape index (κ2) is 7.13. The van der Waals surface area contributed by atoms with Gasteiger partial charge in [0.05, 0.1) is 0 Å². The number of fused-ring (bicyclic) bond motifs is 1. The van der Waals surface area contributed by atoms with Gasteiger partial charge >= 0.3 is 0 Å². The predicted octanol–water partition coefficient (Wildman–Crippen LogP) is 2.84. The van der Waals surface area contributed by atoms with E-state index >= 15 is 0 Å². The van der Waals surface area contributed by atoms with Gasteiger partial charge in [-0.15, -0.1) is 12.4 Å². The summed E-state index contributed by atoms with van der Waals surface area (Å²) < 4.78 is 0. The van der Waals surface area contributed by atoms with Crippen LogP contribution in [-0.2, 0) is 4.79 Å². The molecule has 20 heavy (non-hydrogen) atoms. The van der Waals surface area contributed by atoms with E-state index in [1.165, 1.54) is 32.1 Å². The van der Waals surface area contributed by atoms with Crippen molar-refractivity contribution in [2.45, 2.75) is 57.9 Å². The molecular weight excluding hydrogens is 272 g/mol. The summed E-state index contributed by atoms with van der Waals surface area (Å²) in [7, 11) is 0. The number of rotatable bonds is 2. The van der Waals surface area contributed by atoms with Gasteiger partial charge in [-0.2, -0.15) is 0 Å². The lowest BCUT2D eigenvalue weighted by atomic mass is 9.80. The molecule has 1 aliphatic carbocycles. The first kappa shape index (κ1) is 16.1. The van der Waals surface area contributed by atoms with Gasteiger partial charge < -0.3 is 10.2 Å². The molecule has 0 aromatic rings. The highest BCUT2D eigenvalue weighted by atomic mass is 35.5. The summed E-state index contributed by atoms with van der Waals surface area (Å²) in [6, 6.07) is 0.694. The Balaban J connectivity index is 0.00000147. The molecule has 0 spiro atoms. The molecule has 0 aromatic heterocycles. The minimum Gasteiger partial charge on any atom is -0.342 e. The monoisotopic (exact) mass is 300 g/mol. The van der Waals surface area contributed by atoms with Gasteiger partial charge in [0.25, 0.3) is 0 Å². The average molecular weight is 301 g/mol. The molecule has 0 bridgehead atoms. The molecule has 0 radical (unpaired) electrons. The van der Waals surface area contributed by atoms with Crippen molar-refractivity contribution in [3.63, 3.8) is 0 Å². The summed E-state index contributed by atoms with van der Waals surface area (Å²) in [6.45, 7) is 5.44. The number of likely N-dealkylation sites (tertiary alicyclic amines) is 1. The van der Waals surface area contributed by atoms with Crippen molar-refractivity contribution in [2.75, 3.05) is 19.6 Å². The molecule has 116 valence electrons. The van der Waals surface area contributed by atoms with E-state index in [9.17, 15) is 4.79 Å². The molecule has 2 saturated heterocycles. The number of nitrogens with zero attached hydrogens (tertiary/aromatic N) is 1. The van der Waals surface area contributed by atoms with E-state index in [2.05, 4.69) is 17.1 Å². The standard InChI is InChI=1S/C16H28N2O.ClH/c1-2-12-3-5-13(6-4-12)16(19)18-10-8-15-14(11-18)7-9-17-15;/h12-15,17H,2-11H2,1H3;1H. The SMILES string of the molecule is CCC1CCC(C(=O)N2CCC3NCCC3C2)CC1.Cl. The van der Waals surface area contributed by atoms with Crippen LogP contribution in [0.2, 0.25) is 0 Å². The van der Waals surface area contributed by atoms with Crippen LogP contribution in [0.15, 0.2) is 0 Å². The molecule has 1 N–H and O–H groups in total. The van der Waals surface area contributed by atoms with Crippen molar-refractivity contribution in [3.05, 3.63) is 0 Å². The molecule has 2 atom stereocenters. The number of carbonyl (C=O) groups is 1. The summed E-state index contributed by atoms with van der Waals surface area (Å²) in [5, 5.41) is 3.57. The summed E-state index contributed by atoms with van der Waals surface area (Å²) >= 11 is 0. The van der Waals surface area contributed by atoms with Crippen molar-refractivity contribution in [2.24, 2.45) is 17.8 Å². The van der Waals surface area contributed by atoms with Crippen molar-refractivity contribution in [1.29, 1.82) is 0 Å². The largest absolute Gasteiger partial charge is 0.342 e. The highest BCUT2D eigenvalue weighted by Crippen LogP contribution is 2.33. The second-order valence-corrected chi connectivity index (χ2v) is 6.81. The summed E-state index contributed by atoms with van der Waals surface area (Å²) in [5.74, 6) is 2.42. The maximum atomic E-state index is 12.6. The number of nitrogens with one attached hydrogen (secondary N) is 1. The van der Waals surface area contributed by atoms with Gasteiger partial charge in [-0.3, -0.25) is 4.79 Å². The second-order valence-electron chi connectivity index (χ2n) is 6.81. The van der Waals surface area contributed by atoms with E-state index in [1.54, 1.807) is 0 Å². The average Bonchev–Trinajstić information content (AvgIpc) is 2.94. The number of amides is 1. The van der Waals surface area contributed by atoms with Gasteiger partial charge in [0.2, 0.25) is 5.91 Å². The lowest BCUT2D eigenvalue weighted by molar-refractivity contribution is -0.138. The van der Waals surface area contributed by atoms with E-state index < -0.39 is 0 Å². The van der Waals surface area contributed by atoms with Crippen LogP contribution >= 0.6 is 12.4 Å². The van der Waals surface area contributed by atoms with Gasteiger partial charge in [0, 0.05) is 25.0 Å². The van der Waals surface area contributed by atoms with E-state index in [-0.39, 0.29) is 12.4 Å². The van der Waals surface area contributed by atoms with Crippen LogP contribution in [0.25, 0.3) is 0 Å². The molecule has 2 heterocycles. The fourth-order valence-electron chi connectivity index (χ4n) is 4.32. The van der Waals surface area contributed by atoms with E-state index in [4.69, 9.17) is 0 Å². The highest BCUT2D eigenvalue weighted by Gasteiger charge is 2.36. The number of halogens is 1. The Kier molecular flexibility index (Phi) is 5.74. The maximum Gasteiger partial charge on any atom is 0.225 e. The van der Waals surface area contributed by atoms with Crippen LogP contribution in [0, 0.1) is 17.8 Å². The third kappa shape index (κ3) is 3.30. The molecule has 1 amide bonds. The van der Waals surface area contributed by atoms with Crippen molar-refractivity contribution in [1.82, 2.24) is 10.2 Å². The Hall–Kier alpha value is -0.280. The normalized spacial score (nSPS) is 37.1. The molecule has 3 nitrogen and oxygen atoms in total. The molecule has 1 saturated carbocycles. The van der Waals surface area contributed by atoms with E-state index in [0.717, 1.165) is 44.3 Å². The zero-order valence-electron chi connectivity index (χ0n) is 12.6. The van der Waals surface area contributed by atoms with Crippen LogP contribution in [0.3, 0.4) is 0 Å². The quantitative estimate of drug-likeness (QED) is 0.850. The molecule has 3 aliphatic rings. The zero-order chi connectivity index (χ0) is 13.2. The molecule has 0 aromatic carbocycles. The third-order valence-electron chi connectivity index (χ3n) is 5.74. The fourth-order valence-corrected chi connectivity index (χ4v) is 4.32. The Morgan fingerprint density at radius 1 is 1.15 bits per heavy atom. The summed E-state index contributed by atoms with van der Waals surface area (Å²) in [4.78, 5) is 14.8. The molecule has 4 heteroatoms. The van der Waals surface area contributed by atoms with Gasteiger partial charge in [0.1, 0.15) is 0 Å². The minimum absolute atomic E-state index is 0. The van der Waals surface area contributed by atoms with Crippen molar-refractivity contribution < 1.29 is 4.79 Å². The van der Waals surface area contributed by atoms with Gasteiger partial charge in [-0.05, 0) is 56.9 Å². The number of hydrogen-bond acceptors (Lipinski definition) is 2. The lowest BCUT2D eigenvalue weighted by Crippen LogP contribution is -2.49. The zero-order valence-corrected chi connectivity index (χ0v) is 13.5. The lowest BCUT2D eigenvalue weighted by Gasteiger charge is -2.38. The summed E-state index contributed by atoms with van der Waals surface area (Å²) in [5.41, 5.74) is 0. The number of carbonyl (C=O) groups excluding carboxylic acids is 1. The topological polar surface area (TPSA) is 32.3 Å². The predicted molar refractivity (Wildman–Crippen MR) is 84.1 cm³/mol. The number of hydrogen-bond donors (Lipinski definition) is 1. The Morgan fingerprint density at radius 2 is 1.90 bits per heavy atom. The van der Waals surface area contributed by atoms with Crippen molar-refractivity contribution in [3.8, 4) is 0 Å². The van der Waals surface area contributed by atoms with Crippen LogP contribution in [0.4, 0.5) is 0 Å². The molecule has 2 unspecified atom stereocenters. The van der Waals surface area contributed by atoms with Crippen LogP contribution in [-0.4, -0.2) is 36.5 Å². The molecule has 3 fully saturated rings. The third-order valence-corrected chi connectivity index (χ3v) is 5.74. The first-order valence-electron chi connectivity index (χ1n) is 8.30. The first-order chi connectivity index (χ1) is 9.28. The van der Waals surface area contributed by atoms with E-state index in [0.29, 0.717) is 17.9 Å². The molecule has 3 rings (SSSR count). The van der Waals surface area contributed by atoms with Crippen LogP contribution in [0.5, 0.6) is 0 Å². The summed E-state index contributed by atoms with van der Waals surface area (Å²) in [6.07, 6.45) is 8.54. The molecular formula is C16H29ClN2O. The highest BCUT2D eigenvalue weighted by molar-refractivity contribution is 5.85. The van der Waals surface area contributed by atoms with Gasteiger partial charge in [-0.25, -0.2) is 0 Å². The van der Waals surface area contributed by atoms with Gasteiger partial charge in [-0.1, -0.05) is 13.3 Å². The Bertz CT molecular complexity index is 328. The van der Waals surface area contributed by atoms with Crippen molar-refractivity contribution >= 4 is 18.3 Å². The fraction of sp³-hybridized carbons (Fsp3) is 0.938. The Morgan fingerprint density at radius 3 is 2.60 bits per heavy atom. The maximum absolute atomic E-state index is 12.6. The number of piperidine rings is 1. The van der Waals surface area contributed by atoms with E-state index in [1.807, 2.05) is 0 Å². The van der Waals surface area contributed by atoms with Gasteiger partial charge in [0.15, 0.2) is 0 Å².